The van der Waals surface area contributed by atoms with E-state index in [4.69, 9.17) is 4.74 Å². The van der Waals surface area contributed by atoms with Gasteiger partial charge in [-0.05, 0) is 37.8 Å². The molecule has 2 N–H and O–H groups in total. The van der Waals surface area contributed by atoms with Gasteiger partial charge in [0.05, 0.1) is 17.0 Å². The van der Waals surface area contributed by atoms with Crippen LogP contribution in [0.2, 0.25) is 0 Å². The summed E-state index contributed by atoms with van der Waals surface area (Å²) in [6.07, 6.45) is 3.02. The maximum atomic E-state index is 12.6. The second kappa shape index (κ2) is 6.04. The van der Waals surface area contributed by atoms with E-state index in [9.17, 15) is 8.42 Å². The number of nitrogens with one attached hydrogen (secondary N) is 2. The van der Waals surface area contributed by atoms with Gasteiger partial charge in [0.15, 0.2) is 0 Å². The highest BCUT2D eigenvalue weighted by atomic mass is 32.2. The lowest BCUT2D eigenvalue weighted by Gasteiger charge is -2.18. The van der Waals surface area contributed by atoms with Crippen LogP contribution in [0.5, 0.6) is 0 Å². The summed E-state index contributed by atoms with van der Waals surface area (Å²) in [5.41, 5.74) is 0.823. The van der Waals surface area contributed by atoms with E-state index in [1.54, 1.807) is 12.1 Å². The van der Waals surface area contributed by atoms with Crippen molar-refractivity contribution in [1.29, 1.82) is 0 Å². The first-order valence-corrected chi connectivity index (χ1v) is 9.00. The first-order chi connectivity index (χ1) is 10.1. The molecule has 1 heterocycles. The predicted molar refractivity (Wildman–Crippen MR) is 80.4 cm³/mol. The van der Waals surface area contributed by atoms with Gasteiger partial charge in [0.2, 0.25) is 10.0 Å². The van der Waals surface area contributed by atoms with Crippen LogP contribution in [-0.2, 0) is 21.3 Å². The zero-order chi connectivity index (χ0) is 14.9. The van der Waals surface area contributed by atoms with E-state index in [0.717, 1.165) is 12.0 Å². The van der Waals surface area contributed by atoms with Crippen LogP contribution in [-0.4, -0.2) is 33.2 Å². The van der Waals surface area contributed by atoms with Crippen LogP contribution in [0.15, 0.2) is 29.2 Å². The lowest BCUT2D eigenvalue weighted by atomic mass is 10.2. The molecule has 6 heteroatoms. The van der Waals surface area contributed by atoms with E-state index < -0.39 is 10.0 Å². The van der Waals surface area contributed by atoms with Gasteiger partial charge in [0.1, 0.15) is 0 Å². The molecule has 2 unspecified atom stereocenters. The van der Waals surface area contributed by atoms with Gasteiger partial charge in [0.25, 0.3) is 0 Å². The Morgan fingerprint density at radius 3 is 2.67 bits per heavy atom. The standard InChI is InChI=1S/C15H22N2O3S/c1-11-14(8-9-20-11)17-21(18,19)15-5-3-2-4-12(15)10-16-13-6-7-13/h2-5,11,13-14,16-17H,6-10H2,1H3. The molecule has 3 rings (SSSR count). The first-order valence-electron chi connectivity index (χ1n) is 7.51. The zero-order valence-electron chi connectivity index (χ0n) is 12.2. The van der Waals surface area contributed by atoms with Crippen molar-refractivity contribution in [3.8, 4) is 0 Å². The van der Waals surface area contributed by atoms with Crippen LogP contribution in [0.1, 0.15) is 31.7 Å². The summed E-state index contributed by atoms with van der Waals surface area (Å²) < 4.78 is 33.5. The molecular formula is C15H22N2O3S. The molecular weight excluding hydrogens is 288 g/mol. The molecule has 1 aromatic rings. The Hall–Kier alpha value is -0.950. The number of hydrogen-bond acceptors (Lipinski definition) is 4. The van der Waals surface area contributed by atoms with Crippen LogP contribution in [0.4, 0.5) is 0 Å². The van der Waals surface area contributed by atoms with Gasteiger partial charge in [-0.2, -0.15) is 0 Å². The first kappa shape index (κ1) is 15.0. The molecule has 0 radical (unpaired) electrons. The normalized spacial score (nSPS) is 26.1. The van der Waals surface area contributed by atoms with Crippen molar-refractivity contribution >= 4 is 10.0 Å². The summed E-state index contributed by atoms with van der Waals surface area (Å²) in [7, 11) is -3.50. The average molecular weight is 310 g/mol. The maximum absolute atomic E-state index is 12.6. The van der Waals surface area contributed by atoms with Crippen molar-refractivity contribution in [2.24, 2.45) is 0 Å². The summed E-state index contributed by atoms with van der Waals surface area (Å²) in [6.45, 7) is 3.11. The van der Waals surface area contributed by atoms with Crippen molar-refractivity contribution < 1.29 is 13.2 Å². The van der Waals surface area contributed by atoms with Crippen LogP contribution in [0.25, 0.3) is 0 Å². The van der Waals surface area contributed by atoms with Crippen LogP contribution in [0.3, 0.4) is 0 Å². The number of benzene rings is 1. The fourth-order valence-corrected chi connectivity index (χ4v) is 4.18. The maximum Gasteiger partial charge on any atom is 0.241 e. The highest BCUT2D eigenvalue weighted by Crippen LogP contribution is 2.22. The molecule has 5 nitrogen and oxygen atoms in total. The van der Waals surface area contributed by atoms with Crippen LogP contribution in [0, 0.1) is 0 Å². The molecule has 1 aliphatic carbocycles. The Morgan fingerprint density at radius 1 is 1.24 bits per heavy atom. The smallest absolute Gasteiger partial charge is 0.241 e. The second-order valence-electron chi connectivity index (χ2n) is 5.86. The predicted octanol–water partition coefficient (Wildman–Crippen LogP) is 1.39. The Bertz CT molecular complexity index is 599. The summed E-state index contributed by atoms with van der Waals surface area (Å²) in [6, 6.07) is 7.61. The number of hydrogen-bond donors (Lipinski definition) is 2. The number of ether oxygens (including phenoxy) is 1. The molecule has 1 aromatic carbocycles. The third kappa shape index (κ3) is 3.63. The largest absolute Gasteiger partial charge is 0.377 e. The minimum absolute atomic E-state index is 0.0727. The highest BCUT2D eigenvalue weighted by molar-refractivity contribution is 7.89. The molecule has 2 fully saturated rings. The van der Waals surface area contributed by atoms with Gasteiger partial charge >= 0.3 is 0 Å². The van der Waals surface area contributed by atoms with E-state index in [0.29, 0.717) is 24.1 Å². The minimum Gasteiger partial charge on any atom is -0.377 e. The summed E-state index contributed by atoms with van der Waals surface area (Å²) >= 11 is 0. The average Bonchev–Trinajstić information content (AvgIpc) is 3.21. The van der Waals surface area contributed by atoms with Crippen molar-refractivity contribution in [3.63, 3.8) is 0 Å². The molecule has 1 aliphatic heterocycles. The molecule has 1 saturated carbocycles. The molecule has 2 aliphatic rings. The lowest BCUT2D eigenvalue weighted by Crippen LogP contribution is -2.39. The molecule has 116 valence electrons. The van der Waals surface area contributed by atoms with E-state index in [1.165, 1.54) is 12.8 Å². The number of rotatable bonds is 6. The quantitative estimate of drug-likeness (QED) is 0.833. The monoisotopic (exact) mass is 310 g/mol. The van der Waals surface area contributed by atoms with E-state index in [-0.39, 0.29) is 12.1 Å². The lowest BCUT2D eigenvalue weighted by molar-refractivity contribution is 0.117. The van der Waals surface area contributed by atoms with Gasteiger partial charge < -0.3 is 10.1 Å². The summed E-state index contributed by atoms with van der Waals surface area (Å²) in [5.74, 6) is 0. The second-order valence-corrected chi connectivity index (χ2v) is 7.54. The Balaban J connectivity index is 1.76. The van der Waals surface area contributed by atoms with Crippen molar-refractivity contribution in [2.75, 3.05) is 6.61 Å². The molecule has 0 aromatic heterocycles. The summed E-state index contributed by atoms with van der Waals surface area (Å²) in [4.78, 5) is 0.372. The molecule has 1 saturated heterocycles. The Kier molecular flexibility index (Phi) is 4.31. The Morgan fingerprint density at radius 2 is 2.00 bits per heavy atom. The zero-order valence-corrected chi connectivity index (χ0v) is 13.0. The molecule has 21 heavy (non-hydrogen) atoms. The highest BCUT2D eigenvalue weighted by Gasteiger charge is 2.30. The molecule has 2 atom stereocenters. The van der Waals surface area contributed by atoms with Crippen LogP contribution < -0.4 is 10.0 Å². The van der Waals surface area contributed by atoms with Crippen LogP contribution >= 0.6 is 0 Å². The minimum atomic E-state index is -3.50. The SMILES string of the molecule is CC1OCCC1NS(=O)(=O)c1ccccc1CNC1CC1. The summed E-state index contributed by atoms with van der Waals surface area (Å²) in [5, 5.41) is 3.37. The Labute approximate surface area is 126 Å². The van der Waals surface area contributed by atoms with Gasteiger partial charge in [-0.25, -0.2) is 13.1 Å². The fraction of sp³-hybridized carbons (Fsp3) is 0.600. The van der Waals surface area contributed by atoms with Gasteiger partial charge in [-0.3, -0.25) is 0 Å². The molecule has 0 bridgehead atoms. The topological polar surface area (TPSA) is 67.4 Å². The van der Waals surface area contributed by atoms with Crippen molar-refractivity contribution in [1.82, 2.24) is 10.0 Å². The fourth-order valence-electron chi connectivity index (χ4n) is 2.60. The third-order valence-corrected chi connectivity index (χ3v) is 5.69. The van der Waals surface area contributed by atoms with E-state index in [1.807, 2.05) is 19.1 Å². The van der Waals surface area contributed by atoms with Gasteiger partial charge in [0, 0.05) is 19.2 Å². The third-order valence-electron chi connectivity index (χ3n) is 4.10. The van der Waals surface area contributed by atoms with Crippen molar-refractivity contribution in [2.45, 2.75) is 55.8 Å². The molecule has 0 amide bonds. The van der Waals surface area contributed by atoms with E-state index >= 15 is 0 Å². The van der Waals surface area contributed by atoms with E-state index in [2.05, 4.69) is 10.0 Å². The molecule has 0 spiro atoms. The van der Waals surface area contributed by atoms with Crippen molar-refractivity contribution in [3.05, 3.63) is 29.8 Å². The van der Waals surface area contributed by atoms with Gasteiger partial charge in [-0.1, -0.05) is 18.2 Å². The van der Waals surface area contributed by atoms with Gasteiger partial charge in [-0.15, -0.1) is 0 Å². The number of sulfonamides is 1.